The van der Waals surface area contributed by atoms with Crippen molar-refractivity contribution in [3.8, 4) is 0 Å². The van der Waals surface area contributed by atoms with E-state index in [-0.39, 0.29) is 94.7 Å². The lowest BCUT2D eigenvalue weighted by atomic mass is 9.98. The summed E-state index contributed by atoms with van der Waals surface area (Å²) in [5, 5.41) is 32.6. The van der Waals surface area contributed by atoms with Gasteiger partial charge in [-0.1, -0.05) is 48.7 Å². The number of sulfonamides is 3. The Morgan fingerprint density at radius 1 is 0.439 bits per heavy atom. The number of anilines is 9. The third kappa shape index (κ3) is 23.5. The van der Waals surface area contributed by atoms with Crippen LogP contribution in [0.1, 0.15) is 248 Å². The smallest absolute Gasteiger partial charge is 0.273 e. The molecule has 12 aromatic rings. The van der Waals surface area contributed by atoms with E-state index in [1.54, 1.807) is 42.1 Å². The van der Waals surface area contributed by atoms with Gasteiger partial charge in [0.15, 0.2) is 22.6 Å². The van der Waals surface area contributed by atoms with Crippen molar-refractivity contribution in [2.24, 2.45) is 11.8 Å². The minimum atomic E-state index is -3.64. The first kappa shape index (κ1) is 104. The second-order valence-electron chi connectivity index (χ2n) is 40.3. The fourth-order valence-corrected chi connectivity index (χ4v) is 23.6. The van der Waals surface area contributed by atoms with Gasteiger partial charge in [0.1, 0.15) is 40.6 Å². The number of alkyl halides is 2. The number of pyridine rings is 1. The Morgan fingerprint density at radius 3 is 1.29 bits per heavy atom. The van der Waals surface area contributed by atoms with E-state index >= 15 is 0 Å². The summed E-state index contributed by atoms with van der Waals surface area (Å²) in [6.07, 6.45) is 23.8. The van der Waals surface area contributed by atoms with E-state index < -0.39 is 42.4 Å². The number of carbonyl (C=O) groups is 4. The van der Waals surface area contributed by atoms with Crippen molar-refractivity contribution in [1.29, 1.82) is 0 Å². The molecule has 0 unspecified atom stereocenters. The predicted octanol–water partition coefficient (Wildman–Crippen LogP) is 15.3. The van der Waals surface area contributed by atoms with E-state index in [0.29, 0.717) is 107 Å². The van der Waals surface area contributed by atoms with Crippen LogP contribution >= 0.6 is 34.8 Å². The maximum atomic E-state index is 14.0. The number of aliphatic hydroxyl groups is 1. The van der Waals surface area contributed by atoms with Crippen LogP contribution in [0.25, 0.3) is 22.6 Å². The van der Waals surface area contributed by atoms with E-state index in [1.807, 2.05) is 61.3 Å². The van der Waals surface area contributed by atoms with Gasteiger partial charge in [0.05, 0.1) is 112 Å². The van der Waals surface area contributed by atoms with Gasteiger partial charge >= 0.3 is 0 Å². The van der Waals surface area contributed by atoms with Crippen molar-refractivity contribution in [1.82, 2.24) is 88.4 Å². The molecule has 19 heterocycles. The van der Waals surface area contributed by atoms with Gasteiger partial charge in [-0.3, -0.25) is 43.3 Å². The number of hydrogen-bond acceptors (Lipinski definition) is 27. The van der Waals surface area contributed by atoms with Crippen molar-refractivity contribution < 1.29 is 58.3 Å². The lowest BCUT2D eigenvalue weighted by molar-refractivity contribution is 0.0594. The third-order valence-corrected chi connectivity index (χ3v) is 31.8. The number of hydrazine groups is 1. The van der Waals surface area contributed by atoms with Gasteiger partial charge in [-0.2, -0.15) is 29.4 Å². The summed E-state index contributed by atoms with van der Waals surface area (Å²) in [5.41, 5.74) is 13.9. The molecule has 6 atom stereocenters. The van der Waals surface area contributed by atoms with Crippen molar-refractivity contribution in [2.45, 2.75) is 193 Å². The molecule has 0 aliphatic carbocycles. The number of benzene rings is 3. The molecule has 4 amide bonds. The number of halogens is 5. The molecule has 148 heavy (non-hydrogen) atoms. The van der Waals surface area contributed by atoms with Crippen LogP contribution < -0.4 is 49.1 Å². The van der Waals surface area contributed by atoms with Crippen molar-refractivity contribution >= 4 is 163 Å². The average molecular weight is 2150 g/mol. The Hall–Kier alpha value is -12.1. The molecule has 10 fully saturated rings. The normalized spacial score (nSPS) is 20.5. The Balaban J connectivity index is 0.000000125. The van der Waals surface area contributed by atoms with E-state index in [2.05, 4.69) is 88.3 Å². The maximum absolute atomic E-state index is 14.0. The SMILES string of the molecule is CCc1ccnc(C(=O)N2CCCC[C@H]2c2cc3nc(N4CC[C@H](C)C4)c(C)cn3n2)c1.CS(=O)(=O)Nc1ccc(Cl)cc1C(=O)N1CCCC[C@H]1c1cc2nc(N3CCC3)cc(CO)n2n1.CS(=O)(=O)Nc1ccc(Cl)cc1C(=O)N1CCCC[C@H]1c1cc2nc(N3CCC3)cc(N3CCCCN3)n2n1.CS(=O)(=O)Nc1ccc(Cl)cc1C(=O)N1CCCC[C@H]1c1cc2nc(N3CCC3)cc(N3CCC[C@@H](C(F)F)C3)n2n1. The van der Waals surface area contributed by atoms with Crippen LogP contribution in [0, 0.1) is 18.8 Å². The first-order chi connectivity index (χ1) is 71.1. The van der Waals surface area contributed by atoms with Gasteiger partial charge in [0.25, 0.3) is 23.6 Å². The molecule has 3 aromatic carbocycles. The van der Waals surface area contributed by atoms with Crippen LogP contribution in [0.4, 0.5) is 60.8 Å². The highest BCUT2D eigenvalue weighted by Gasteiger charge is 2.41. The van der Waals surface area contributed by atoms with Crippen LogP contribution in [0.5, 0.6) is 0 Å². The van der Waals surface area contributed by atoms with Gasteiger partial charge in [0, 0.05) is 186 Å². The van der Waals surface area contributed by atoms with E-state index in [9.17, 15) is 58.3 Å². The Bertz CT molecular complexity index is 7330. The lowest BCUT2D eigenvalue weighted by Gasteiger charge is -2.36. The Morgan fingerprint density at radius 2 is 0.865 bits per heavy atom. The number of carbonyl (C=O) groups excluding carboxylic acids is 4. The second-order valence-corrected chi connectivity index (χ2v) is 46.8. The quantitative estimate of drug-likeness (QED) is 0.0397. The number of rotatable bonds is 23. The molecular formula is C102H126Cl3F2N27O11S3. The summed E-state index contributed by atoms with van der Waals surface area (Å²) < 4.78 is 114. The fourth-order valence-electron chi connectivity index (χ4n) is 21.3. The summed E-state index contributed by atoms with van der Waals surface area (Å²) in [6, 6.07) is 30.2. The second kappa shape index (κ2) is 44.6. The average Bonchev–Trinajstić information content (AvgIpc) is 1.61. The number of nitrogens with zero attached hydrogens (tertiary/aromatic N) is 23. The molecule has 38 nitrogen and oxygen atoms in total. The fraction of sp³-hybridized carbons (Fsp3) is 0.500. The summed E-state index contributed by atoms with van der Waals surface area (Å²) in [4.78, 5) is 97.0. The molecule has 0 radical (unpaired) electrons. The highest BCUT2D eigenvalue weighted by atomic mass is 35.5. The summed E-state index contributed by atoms with van der Waals surface area (Å²) in [6.45, 7) is 19.0. The first-order valence-electron chi connectivity index (χ1n) is 51.3. The number of nitrogens with one attached hydrogen (secondary N) is 4. The number of fused-ring (bicyclic) bond motifs is 4. The Kier molecular flexibility index (Phi) is 31.4. The van der Waals surface area contributed by atoms with Crippen LogP contribution in [0.15, 0.2) is 122 Å². The molecule has 10 saturated heterocycles. The Labute approximate surface area is 874 Å². The molecule has 9 aromatic heterocycles. The van der Waals surface area contributed by atoms with Gasteiger partial charge < -0.3 is 49.2 Å². The number of aliphatic hydroxyl groups excluding tert-OH is 1. The predicted molar refractivity (Wildman–Crippen MR) is 569 cm³/mol. The monoisotopic (exact) mass is 2140 g/mol. The minimum absolute atomic E-state index is 0.00191. The zero-order valence-electron chi connectivity index (χ0n) is 83.9. The van der Waals surface area contributed by atoms with Gasteiger partial charge in [-0.25, -0.2) is 68.4 Å². The molecule has 10 aliphatic rings. The number of aryl methyl sites for hydroxylation is 2. The topological polar surface area (TPSA) is 405 Å². The zero-order valence-corrected chi connectivity index (χ0v) is 88.6. The molecule has 0 bridgehead atoms. The lowest BCUT2D eigenvalue weighted by Crippen LogP contribution is -2.45. The molecule has 10 aliphatic heterocycles. The maximum Gasteiger partial charge on any atom is 0.273 e. The van der Waals surface area contributed by atoms with Gasteiger partial charge in [-0.05, 0) is 220 Å². The van der Waals surface area contributed by atoms with Crippen LogP contribution in [-0.4, -0.2) is 267 Å². The van der Waals surface area contributed by atoms with E-state index in [0.717, 1.165) is 262 Å². The van der Waals surface area contributed by atoms with Crippen molar-refractivity contribution in [2.75, 3.05) is 167 Å². The minimum Gasteiger partial charge on any atom is -0.390 e. The molecule has 46 heteroatoms. The van der Waals surface area contributed by atoms with Crippen molar-refractivity contribution in [3.05, 3.63) is 199 Å². The molecule has 0 saturated carbocycles. The van der Waals surface area contributed by atoms with E-state index in [4.69, 9.17) is 75.1 Å². The molecular weight excluding hydrogens is 2020 g/mol. The highest BCUT2D eigenvalue weighted by molar-refractivity contribution is 7.92. The van der Waals surface area contributed by atoms with Crippen molar-refractivity contribution in [3.63, 3.8) is 0 Å². The molecule has 22 rings (SSSR count). The number of hydrogen-bond donors (Lipinski definition) is 5. The number of amides is 4. The van der Waals surface area contributed by atoms with Gasteiger partial charge in [0.2, 0.25) is 36.5 Å². The summed E-state index contributed by atoms with van der Waals surface area (Å²) in [5.74, 6) is 4.31. The zero-order chi connectivity index (χ0) is 104. The first-order valence-corrected chi connectivity index (χ1v) is 58.1. The van der Waals surface area contributed by atoms with Crippen LogP contribution in [0.3, 0.4) is 0 Å². The highest BCUT2D eigenvalue weighted by Crippen LogP contribution is 2.43. The van der Waals surface area contributed by atoms with Crippen LogP contribution in [0.2, 0.25) is 15.1 Å². The number of likely N-dealkylation sites (tertiary alicyclic amines) is 4. The standard InChI is InChI=1S/C28H34ClF2N7O3S.C26H33ClN8O3S.C25H32N6O.C23H27ClN6O4S/c1-42(40,41)34-21-9-8-19(29)14-20(21)28(39)37-13-3-2-7-23(37)22-15-25-32-24(35-11-5-12-35)16-26(38(25)33-22)36-10-4-6-18(17-36)27(30)31;1-39(37,38)31-20-9-8-18(27)15-19(20)26(36)33-13-4-2-7-22(33)21-16-24-29-23(32-11-6-12-32)17-25(35(24)30-21)34-14-5-3-10-28-34;1-4-19-8-10-26-21(13-19)25(32)30-11-6-5-7-22(30)20-14-23-27-24(18(3)16-31(23)28-20)29-12-9-17(2)15-29;1-35(33,34)27-18-7-6-15(24)11-17(18)23(32)29-10-3-2-5-20(29)19-13-22-25-21(28-8-4-9-28)12-16(14-31)30(22)26-19/h8-9,14-16,18,23,27,34H,2-7,10-13,17H2,1H3;8-9,15-17,22,28,31H,2-7,10-14H2,1H3;8,10,13-14,16-17,22H,4-7,9,11-12,15H2,1-3H3;6-7,11-13,20,27,31H,2-5,8-10,14H2,1H3/t18-,23+;22-;17-,22-;20-/m1000/s1. The van der Waals surface area contributed by atoms with E-state index in [1.165, 1.54) is 48.9 Å². The number of aromatic nitrogens is 13. The molecule has 5 N–H and O–H groups in total. The van der Waals surface area contributed by atoms with Gasteiger partial charge in [-0.15, -0.1) is 0 Å². The largest absolute Gasteiger partial charge is 0.390 e. The van der Waals surface area contributed by atoms with Crippen LogP contribution in [-0.2, 0) is 43.1 Å². The molecule has 788 valence electrons. The summed E-state index contributed by atoms with van der Waals surface area (Å²) >= 11 is 18.6. The molecule has 0 spiro atoms. The summed E-state index contributed by atoms with van der Waals surface area (Å²) in [7, 11) is -10.8. The number of piperidine rings is 5. The third-order valence-electron chi connectivity index (χ3n) is 29.3.